The van der Waals surface area contributed by atoms with Gasteiger partial charge in [-0.05, 0) is 55.5 Å². The van der Waals surface area contributed by atoms with E-state index < -0.39 is 0 Å². The summed E-state index contributed by atoms with van der Waals surface area (Å²) in [4.78, 5) is 0. The maximum absolute atomic E-state index is 5.41. The third-order valence-corrected chi connectivity index (χ3v) is 4.37. The van der Waals surface area contributed by atoms with Crippen LogP contribution in [-0.4, -0.2) is 27.3 Å². The van der Waals surface area contributed by atoms with E-state index >= 15 is 0 Å². The minimum absolute atomic E-state index is 0.617. The third-order valence-electron chi connectivity index (χ3n) is 4.37. The smallest absolute Gasteiger partial charge is 0.122 e. The molecule has 0 saturated heterocycles. The molecule has 0 radical (unpaired) electrons. The fraction of sp³-hybridized carbons (Fsp3) is 0.647. The SMILES string of the molecule is CCNCC1CCCCC1c1cc(OC)cc(OC)c1. The Morgan fingerprint density at radius 2 is 1.70 bits per heavy atom. The van der Waals surface area contributed by atoms with Crippen molar-refractivity contribution in [2.45, 2.75) is 38.5 Å². The van der Waals surface area contributed by atoms with Crippen molar-refractivity contribution in [3.05, 3.63) is 23.8 Å². The molecule has 1 aliphatic rings. The predicted molar refractivity (Wildman–Crippen MR) is 82.8 cm³/mol. The van der Waals surface area contributed by atoms with Crippen molar-refractivity contribution in [3.63, 3.8) is 0 Å². The third kappa shape index (κ3) is 3.66. The van der Waals surface area contributed by atoms with Crippen LogP contribution in [0.15, 0.2) is 18.2 Å². The van der Waals surface area contributed by atoms with Gasteiger partial charge in [0.05, 0.1) is 14.2 Å². The molecule has 1 N–H and O–H groups in total. The zero-order valence-corrected chi connectivity index (χ0v) is 12.9. The second-order valence-corrected chi connectivity index (χ2v) is 5.60. The Morgan fingerprint density at radius 1 is 1.05 bits per heavy atom. The molecule has 1 fully saturated rings. The summed E-state index contributed by atoms with van der Waals surface area (Å²) in [5.74, 6) is 3.13. The van der Waals surface area contributed by atoms with E-state index in [1.807, 2.05) is 6.07 Å². The summed E-state index contributed by atoms with van der Waals surface area (Å²) in [6.45, 7) is 4.33. The molecule has 2 unspecified atom stereocenters. The van der Waals surface area contributed by atoms with Crippen LogP contribution >= 0.6 is 0 Å². The highest BCUT2D eigenvalue weighted by Crippen LogP contribution is 2.40. The summed E-state index contributed by atoms with van der Waals surface area (Å²) < 4.78 is 10.8. The lowest BCUT2D eigenvalue weighted by atomic mass is 9.75. The lowest BCUT2D eigenvalue weighted by molar-refractivity contribution is 0.295. The molecular weight excluding hydrogens is 250 g/mol. The quantitative estimate of drug-likeness (QED) is 0.862. The first-order chi connectivity index (χ1) is 9.78. The molecule has 3 heteroatoms. The normalized spacial score (nSPS) is 22.6. The fourth-order valence-electron chi connectivity index (χ4n) is 3.26. The molecular formula is C17H27NO2. The van der Waals surface area contributed by atoms with Crippen LogP contribution in [0.3, 0.4) is 0 Å². The largest absolute Gasteiger partial charge is 0.497 e. The van der Waals surface area contributed by atoms with Gasteiger partial charge in [-0.3, -0.25) is 0 Å². The molecule has 1 aliphatic carbocycles. The Morgan fingerprint density at radius 3 is 2.30 bits per heavy atom. The Kier molecular flexibility index (Phi) is 5.72. The average molecular weight is 277 g/mol. The highest BCUT2D eigenvalue weighted by Gasteiger charge is 2.26. The molecule has 0 aliphatic heterocycles. The van der Waals surface area contributed by atoms with Gasteiger partial charge in [0.2, 0.25) is 0 Å². The monoisotopic (exact) mass is 277 g/mol. The van der Waals surface area contributed by atoms with Crippen LogP contribution in [-0.2, 0) is 0 Å². The van der Waals surface area contributed by atoms with Gasteiger partial charge in [-0.15, -0.1) is 0 Å². The van der Waals surface area contributed by atoms with Crippen molar-refractivity contribution in [3.8, 4) is 11.5 Å². The van der Waals surface area contributed by atoms with Crippen molar-refractivity contribution in [2.75, 3.05) is 27.3 Å². The molecule has 0 spiro atoms. The molecule has 1 saturated carbocycles. The fourth-order valence-corrected chi connectivity index (χ4v) is 3.26. The molecule has 0 heterocycles. The van der Waals surface area contributed by atoms with Gasteiger partial charge in [-0.2, -0.15) is 0 Å². The van der Waals surface area contributed by atoms with Crippen LogP contribution in [0.5, 0.6) is 11.5 Å². The number of rotatable bonds is 6. The van der Waals surface area contributed by atoms with Gasteiger partial charge in [0.15, 0.2) is 0 Å². The maximum Gasteiger partial charge on any atom is 0.122 e. The van der Waals surface area contributed by atoms with Gasteiger partial charge in [0.1, 0.15) is 11.5 Å². The van der Waals surface area contributed by atoms with E-state index in [0.717, 1.165) is 30.5 Å². The van der Waals surface area contributed by atoms with E-state index in [1.165, 1.54) is 31.2 Å². The van der Waals surface area contributed by atoms with Crippen LogP contribution in [0.2, 0.25) is 0 Å². The number of hydrogen-bond donors (Lipinski definition) is 1. The number of nitrogens with one attached hydrogen (secondary N) is 1. The molecule has 112 valence electrons. The average Bonchev–Trinajstić information content (AvgIpc) is 2.52. The Labute approximate surface area is 122 Å². The molecule has 2 rings (SSSR count). The van der Waals surface area contributed by atoms with E-state index in [2.05, 4.69) is 24.4 Å². The number of ether oxygens (including phenoxy) is 2. The van der Waals surface area contributed by atoms with Crippen LogP contribution in [0, 0.1) is 5.92 Å². The van der Waals surface area contributed by atoms with Gasteiger partial charge in [-0.25, -0.2) is 0 Å². The number of methoxy groups -OCH3 is 2. The van der Waals surface area contributed by atoms with Crippen molar-refractivity contribution in [1.82, 2.24) is 5.32 Å². The van der Waals surface area contributed by atoms with Gasteiger partial charge in [0, 0.05) is 6.07 Å². The second kappa shape index (κ2) is 7.53. The lowest BCUT2D eigenvalue weighted by Gasteiger charge is -2.32. The first-order valence-corrected chi connectivity index (χ1v) is 7.72. The zero-order valence-electron chi connectivity index (χ0n) is 12.9. The van der Waals surface area contributed by atoms with E-state index in [-0.39, 0.29) is 0 Å². The Bertz CT molecular complexity index is 397. The Balaban J connectivity index is 2.21. The topological polar surface area (TPSA) is 30.5 Å². The van der Waals surface area contributed by atoms with Gasteiger partial charge in [-0.1, -0.05) is 19.8 Å². The molecule has 0 amide bonds. The summed E-state index contributed by atoms with van der Waals surface area (Å²) in [5, 5.41) is 3.51. The summed E-state index contributed by atoms with van der Waals surface area (Å²) in [7, 11) is 3.44. The van der Waals surface area contributed by atoms with E-state index in [4.69, 9.17) is 9.47 Å². The minimum atomic E-state index is 0.617. The number of hydrogen-bond acceptors (Lipinski definition) is 3. The minimum Gasteiger partial charge on any atom is -0.497 e. The lowest BCUT2D eigenvalue weighted by Crippen LogP contribution is -2.29. The Hall–Kier alpha value is -1.22. The summed E-state index contributed by atoms with van der Waals surface area (Å²) >= 11 is 0. The molecule has 1 aromatic rings. The zero-order chi connectivity index (χ0) is 14.4. The van der Waals surface area contributed by atoms with Crippen molar-refractivity contribution >= 4 is 0 Å². The van der Waals surface area contributed by atoms with E-state index in [1.54, 1.807) is 14.2 Å². The van der Waals surface area contributed by atoms with Crippen LogP contribution in [0.25, 0.3) is 0 Å². The second-order valence-electron chi connectivity index (χ2n) is 5.60. The van der Waals surface area contributed by atoms with Crippen molar-refractivity contribution < 1.29 is 9.47 Å². The number of benzene rings is 1. The highest BCUT2D eigenvalue weighted by atomic mass is 16.5. The van der Waals surface area contributed by atoms with Gasteiger partial charge in [0.25, 0.3) is 0 Å². The van der Waals surface area contributed by atoms with Crippen LogP contribution in [0.1, 0.15) is 44.1 Å². The predicted octanol–water partition coefficient (Wildman–Crippen LogP) is 3.59. The molecule has 0 bridgehead atoms. The van der Waals surface area contributed by atoms with Crippen molar-refractivity contribution in [2.24, 2.45) is 5.92 Å². The molecule has 3 nitrogen and oxygen atoms in total. The summed E-state index contributed by atoms with van der Waals surface area (Å²) in [5.41, 5.74) is 1.36. The molecule has 20 heavy (non-hydrogen) atoms. The summed E-state index contributed by atoms with van der Waals surface area (Å²) in [6, 6.07) is 6.31. The molecule has 1 aromatic carbocycles. The van der Waals surface area contributed by atoms with E-state index in [0.29, 0.717) is 5.92 Å². The van der Waals surface area contributed by atoms with Crippen LogP contribution in [0.4, 0.5) is 0 Å². The van der Waals surface area contributed by atoms with Gasteiger partial charge < -0.3 is 14.8 Å². The molecule has 2 atom stereocenters. The van der Waals surface area contributed by atoms with E-state index in [9.17, 15) is 0 Å². The highest BCUT2D eigenvalue weighted by molar-refractivity contribution is 5.40. The van der Waals surface area contributed by atoms with Crippen LogP contribution < -0.4 is 14.8 Å². The standard InChI is InChI=1S/C17H27NO2/c1-4-18-12-13-7-5-6-8-17(13)14-9-15(19-2)11-16(10-14)20-3/h9-11,13,17-18H,4-8,12H2,1-3H3. The summed E-state index contributed by atoms with van der Waals surface area (Å²) in [6.07, 6.45) is 5.27. The first-order valence-electron chi connectivity index (χ1n) is 7.72. The maximum atomic E-state index is 5.41. The molecule has 0 aromatic heterocycles. The van der Waals surface area contributed by atoms with Gasteiger partial charge >= 0.3 is 0 Å². The van der Waals surface area contributed by atoms with Crippen molar-refractivity contribution in [1.29, 1.82) is 0 Å². The first kappa shape index (κ1) is 15.2.